The molecule has 4 rings (SSSR count). The first-order valence-electron chi connectivity index (χ1n) is 9.92. The Bertz CT molecular complexity index is 1270. The van der Waals surface area contributed by atoms with Gasteiger partial charge in [0.2, 0.25) is 0 Å². The van der Waals surface area contributed by atoms with Gasteiger partial charge in [0, 0.05) is 21.0 Å². The summed E-state index contributed by atoms with van der Waals surface area (Å²) in [6, 6.07) is 19.4. The number of aromatic nitrogens is 3. The molecule has 7 heteroatoms. The number of carboxylic acids is 1. The van der Waals surface area contributed by atoms with Crippen LogP contribution in [-0.2, 0) is 16.6 Å². The van der Waals surface area contributed by atoms with E-state index in [2.05, 4.69) is 32.8 Å². The van der Waals surface area contributed by atoms with E-state index in [1.165, 1.54) is 4.80 Å². The molecular weight excluding hydrogens is 505 g/mol. The van der Waals surface area contributed by atoms with Crippen LogP contribution in [0.25, 0.3) is 16.7 Å². The van der Waals surface area contributed by atoms with Crippen LogP contribution in [0, 0.1) is 3.57 Å². The molecular formula is C24H22IN3O3. The van der Waals surface area contributed by atoms with Crippen LogP contribution >= 0.6 is 22.6 Å². The van der Waals surface area contributed by atoms with Crippen LogP contribution in [0.5, 0.6) is 5.75 Å². The number of aliphatic carboxylic acids is 1. The average molecular weight is 527 g/mol. The highest BCUT2D eigenvalue weighted by Gasteiger charge is 2.29. The van der Waals surface area contributed by atoms with Crippen LogP contribution in [0.1, 0.15) is 37.0 Å². The summed E-state index contributed by atoms with van der Waals surface area (Å²) in [4.78, 5) is 12.6. The molecule has 158 valence electrons. The van der Waals surface area contributed by atoms with E-state index in [1.54, 1.807) is 6.07 Å². The lowest BCUT2D eigenvalue weighted by molar-refractivity contribution is -0.136. The van der Waals surface area contributed by atoms with Crippen LogP contribution in [-0.4, -0.2) is 31.2 Å². The zero-order chi connectivity index (χ0) is 22.2. The molecule has 3 aromatic carbocycles. The van der Waals surface area contributed by atoms with Crippen LogP contribution in [0.2, 0.25) is 0 Å². The van der Waals surface area contributed by atoms with Crippen molar-refractivity contribution in [1.82, 2.24) is 15.0 Å². The second-order valence-electron chi connectivity index (χ2n) is 8.02. The minimum atomic E-state index is -0.865. The number of hydrogen-bond donors (Lipinski definition) is 2. The summed E-state index contributed by atoms with van der Waals surface area (Å²) in [5.41, 5.74) is 3.93. The molecule has 31 heavy (non-hydrogen) atoms. The van der Waals surface area contributed by atoms with Crippen LogP contribution < -0.4 is 0 Å². The van der Waals surface area contributed by atoms with Crippen LogP contribution in [0.15, 0.2) is 60.7 Å². The molecule has 0 radical (unpaired) electrons. The van der Waals surface area contributed by atoms with E-state index in [0.29, 0.717) is 17.7 Å². The number of nitrogens with zero attached hydrogens (tertiary/aromatic N) is 3. The largest absolute Gasteiger partial charge is 0.505 e. The molecule has 0 spiro atoms. The lowest BCUT2D eigenvalue weighted by Gasteiger charge is -2.28. The summed E-state index contributed by atoms with van der Waals surface area (Å²) in [6.07, 6.45) is 0.349. The maximum atomic E-state index is 11.3. The smallest absolute Gasteiger partial charge is 0.303 e. The number of fused-ring (bicyclic) bond motifs is 1. The van der Waals surface area contributed by atoms with Crippen molar-refractivity contribution in [1.29, 1.82) is 0 Å². The summed E-state index contributed by atoms with van der Waals surface area (Å²) < 4.78 is 1.04. The fourth-order valence-electron chi connectivity index (χ4n) is 3.71. The lowest BCUT2D eigenvalue weighted by Crippen LogP contribution is -2.20. The minimum absolute atomic E-state index is 0.00211. The second kappa shape index (κ2) is 8.30. The zero-order valence-electron chi connectivity index (χ0n) is 17.2. The van der Waals surface area contributed by atoms with Crippen molar-refractivity contribution in [3.8, 4) is 11.4 Å². The molecule has 0 aliphatic rings. The topological polar surface area (TPSA) is 88.2 Å². The first-order valence-corrected chi connectivity index (χ1v) is 11.0. The Kier molecular flexibility index (Phi) is 5.70. The summed E-state index contributed by atoms with van der Waals surface area (Å²) in [7, 11) is 0. The SMILES string of the molecule is CC(C)(c1ccccc1)c1cc(CCC(=O)O)cc(-n2nc3ccc(I)cc3n2)c1O. The second-order valence-corrected chi connectivity index (χ2v) is 9.26. The van der Waals surface area contributed by atoms with E-state index < -0.39 is 11.4 Å². The molecule has 6 nitrogen and oxygen atoms in total. The van der Waals surface area contributed by atoms with Crippen molar-refractivity contribution >= 4 is 39.6 Å². The van der Waals surface area contributed by atoms with Gasteiger partial charge in [-0.25, -0.2) is 0 Å². The van der Waals surface area contributed by atoms with Crippen molar-refractivity contribution in [3.63, 3.8) is 0 Å². The molecule has 0 fully saturated rings. The maximum absolute atomic E-state index is 11.3. The van der Waals surface area contributed by atoms with Crippen molar-refractivity contribution in [2.24, 2.45) is 0 Å². The Morgan fingerprint density at radius 3 is 2.45 bits per heavy atom. The van der Waals surface area contributed by atoms with Gasteiger partial charge >= 0.3 is 5.97 Å². The number of aryl methyl sites for hydroxylation is 1. The quantitative estimate of drug-likeness (QED) is 0.342. The summed E-state index contributed by atoms with van der Waals surface area (Å²) in [5.74, 6) is -0.779. The number of benzene rings is 3. The number of aromatic hydroxyl groups is 1. The van der Waals surface area contributed by atoms with Crippen LogP contribution in [0.3, 0.4) is 0 Å². The minimum Gasteiger partial charge on any atom is -0.505 e. The van der Waals surface area contributed by atoms with Gasteiger partial charge < -0.3 is 10.2 Å². The van der Waals surface area contributed by atoms with Gasteiger partial charge in [-0.05, 0) is 64.4 Å². The predicted octanol–water partition coefficient (Wildman–Crippen LogP) is 5.07. The van der Waals surface area contributed by atoms with Gasteiger partial charge in [0.25, 0.3) is 0 Å². The molecule has 1 aromatic heterocycles. The van der Waals surface area contributed by atoms with E-state index in [0.717, 1.165) is 25.7 Å². The Labute approximate surface area is 193 Å². The van der Waals surface area contributed by atoms with Crippen molar-refractivity contribution in [2.45, 2.75) is 32.1 Å². The van der Waals surface area contributed by atoms with Gasteiger partial charge in [-0.3, -0.25) is 4.79 Å². The Morgan fingerprint density at radius 2 is 1.74 bits per heavy atom. The summed E-state index contributed by atoms with van der Waals surface area (Å²) in [6.45, 7) is 4.08. The van der Waals surface area contributed by atoms with Gasteiger partial charge in [0.1, 0.15) is 22.5 Å². The number of phenols is 1. The zero-order valence-corrected chi connectivity index (χ0v) is 19.4. The number of hydrogen-bond acceptors (Lipinski definition) is 4. The first kappa shape index (κ1) is 21.3. The van der Waals surface area contributed by atoms with Crippen molar-refractivity contribution in [2.75, 3.05) is 0 Å². The van der Waals surface area contributed by atoms with Gasteiger partial charge in [-0.1, -0.05) is 50.2 Å². The molecule has 0 aliphatic carbocycles. The number of carboxylic acid groups (broad SMARTS) is 1. The molecule has 4 aromatic rings. The Balaban J connectivity index is 1.90. The highest BCUT2D eigenvalue weighted by atomic mass is 127. The highest BCUT2D eigenvalue weighted by Crippen LogP contribution is 2.40. The summed E-state index contributed by atoms with van der Waals surface area (Å²) in [5, 5.41) is 29.6. The van der Waals surface area contributed by atoms with E-state index in [-0.39, 0.29) is 12.2 Å². The molecule has 0 atom stereocenters. The monoisotopic (exact) mass is 527 g/mol. The Morgan fingerprint density at radius 1 is 1.03 bits per heavy atom. The van der Waals surface area contributed by atoms with E-state index >= 15 is 0 Å². The number of halogens is 1. The molecule has 2 N–H and O–H groups in total. The van der Waals surface area contributed by atoms with Crippen molar-refractivity contribution < 1.29 is 15.0 Å². The standard InChI is InChI=1S/C24H22IN3O3/c1-24(2,16-6-4-3-5-7-16)18-12-15(8-11-22(29)30)13-21(23(18)31)28-26-19-10-9-17(25)14-20(19)27-28/h3-7,9-10,12-14,31H,8,11H2,1-2H3,(H,29,30). The van der Waals surface area contributed by atoms with Gasteiger partial charge in [-0.2, -0.15) is 0 Å². The molecule has 0 aliphatic heterocycles. The molecule has 0 amide bonds. The normalized spacial score (nSPS) is 11.7. The third-order valence-electron chi connectivity index (χ3n) is 5.50. The maximum Gasteiger partial charge on any atom is 0.303 e. The van der Waals surface area contributed by atoms with E-state index in [4.69, 9.17) is 5.11 Å². The molecule has 0 saturated carbocycles. The third-order valence-corrected chi connectivity index (χ3v) is 6.17. The lowest BCUT2D eigenvalue weighted by atomic mass is 9.76. The Hall–Kier alpha value is -2.94. The predicted molar refractivity (Wildman–Crippen MR) is 128 cm³/mol. The molecule has 1 heterocycles. The molecule has 0 unspecified atom stereocenters. The summed E-state index contributed by atoms with van der Waals surface area (Å²) >= 11 is 2.22. The first-order chi connectivity index (χ1) is 14.8. The average Bonchev–Trinajstić information content (AvgIpc) is 3.16. The van der Waals surface area contributed by atoms with Crippen LogP contribution in [0.4, 0.5) is 0 Å². The highest BCUT2D eigenvalue weighted by molar-refractivity contribution is 14.1. The van der Waals surface area contributed by atoms with Gasteiger partial charge in [0.05, 0.1) is 0 Å². The van der Waals surface area contributed by atoms with E-state index in [1.807, 2.05) is 68.4 Å². The number of phenolic OH excluding ortho intramolecular Hbond substituents is 1. The fourth-order valence-corrected chi connectivity index (χ4v) is 4.18. The van der Waals surface area contributed by atoms with Gasteiger partial charge in [-0.15, -0.1) is 15.0 Å². The molecule has 0 bridgehead atoms. The fraction of sp³-hybridized carbons (Fsp3) is 0.208. The third kappa shape index (κ3) is 4.27. The molecule has 0 saturated heterocycles. The number of carbonyl (C=O) groups is 1. The van der Waals surface area contributed by atoms with E-state index in [9.17, 15) is 9.90 Å². The number of rotatable bonds is 6. The van der Waals surface area contributed by atoms with Crippen molar-refractivity contribution in [3.05, 3.63) is 80.9 Å². The van der Waals surface area contributed by atoms with Gasteiger partial charge in [0.15, 0.2) is 0 Å².